The van der Waals surface area contributed by atoms with Crippen molar-refractivity contribution < 1.29 is 9.53 Å². The number of carbonyl (C=O) groups excluding carboxylic acids is 1. The van der Waals surface area contributed by atoms with Gasteiger partial charge in [0, 0.05) is 39.0 Å². The highest BCUT2D eigenvalue weighted by Gasteiger charge is 2.30. The van der Waals surface area contributed by atoms with Crippen LogP contribution in [0.4, 0.5) is 5.82 Å². The van der Waals surface area contributed by atoms with Gasteiger partial charge < -0.3 is 14.5 Å². The number of halogens is 1. The van der Waals surface area contributed by atoms with Crippen LogP contribution in [0.5, 0.6) is 0 Å². The summed E-state index contributed by atoms with van der Waals surface area (Å²) in [4.78, 5) is 20.6. The third-order valence-corrected chi connectivity index (χ3v) is 4.13. The largest absolute Gasteiger partial charge is 0.368 e. The zero-order chi connectivity index (χ0) is 13.9. The predicted octanol–water partition coefficient (Wildman–Crippen LogP) is 1.56. The minimum absolute atomic E-state index is 0.134. The van der Waals surface area contributed by atoms with E-state index in [4.69, 9.17) is 16.3 Å². The summed E-state index contributed by atoms with van der Waals surface area (Å²) in [6, 6.07) is 3.66. The van der Waals surface area contributed by atoms with E-state index in [1.807, 2.05) is 17.0 Å². The number of aromatic nitrogens is 1. The summed E-state index contributed by atoms with van der Waals surface area (Å²) in [6.07, 6.45) is 3.36. The number of amides is 1. The van der Waals surface area contributed by atoms with Crippen LogP contribution < -0.4 is 4.90 Å². The summed E-state index contributed by atoms with van der Waals surface area (Å²) in [5.41, 5.74) is 0. The predicted molar refractivity (Wildman–Crippen MR) is 77.0 cm³/mol. The van der Waals surface area contributed by atoms with Crippen molar-refractivity contribution in [2.24, 2.45) is 0 Å². The smallest absolute Gasteiger partial charge is 0.251 e. The Kier molecular flexibility index (Phi) is 4.08. The van der Waals surface area contributed by atoms with Crippen molar-refractivity contribution in [1.29, 1.82) is 0 Å². The SMILES string of the molecule is O=C([C@H]1CCCO1)N1CCN(c2ncccc2Cl)CC1. The molecule has 0 spiro atoms. The van der Waals surface area contributed by atoms with E-state index in [1.165, 1.54) is 0 Å². The summed E-state index contributed by atoms with van der Waals surface area (Å²) in [5, 5.41) is 0.659. The summed E-state index contributed by atoms with van der Waals surface area (Å²) in [7, 11) is 0. The third kappa shape index (κ3) is 2.74. The summed E-state index contributed by atoms with van der Waals surface area (Å²) in [5.74, 6) is 0.938. The van der Waals surface area contributed by atoms with E-state index >= 15 is 0 Å². The van der Waals surface area contributed by atoms with Crippen molar-refractivity contribution in [3.63, 3.8) is 0 Å². The van der Waals surface area contributed by atoms with E-state index in [2.05, 4.69) is 9.88 Å². The number of hydrogen-bond donors (Lipinski definition) is 0. The number of pyridine rings is 1. The number of carbonyl (C=O) groups is 1. The van der Waals surface area contributed by atoms with Crippen LogP contribution in [0.25, 0.3) is 0 Å². The summed E-state index contributed by atoms with van der Waals surface area (Å²) >= 11 is 6.16. The number of rotatable bonds is 2. The normalized spacial score (nSPS) is 23.1. The number of ether oxygens (including phenoxy) is 1. The van der Waals surface area contributed by atoms with Gasteiger partial charge in [-0.05, 0) is 25.0 Å². The van der Waals surface area contributed by atoms with Gasteiger partial charge in [0.2, 0.25) is 0 Å². The average Bonchev–Trinajstić information content (AvgIpc) is 3.01. The van der Waals surface area contributed by atoms with Crippen LogP contribution in [0.3, 0.4) is 0 Å². The molecule has 0 N–H and O–H groups in total. The molecule has 5 nitrogen and oxygen atoms in total. The lowest BCUT2D eigenvalue weighted by Crippen LogP contribution is -2.51. The Morgan fingerprint density at radius 1 is 1.35 bits per heavy atom. The maximum absolute atomic E-state index is 12.3. The lowest BCUT2D eigenvalue weighted by molar-refractivity contribution is -0.141. The van der Waals surface area contributed by atoms with Crippen molar-refractivity contribution in [3.05, 3.63) is 23.4 Å². The maximum atomic E-state index is 12.3. The first kappa shape index (κ1) is 13.6. The van der Waals surface area contributed by atoms with Crippen LogP contribution >= 0.6 is 11.6 Å². The first-order valence-electron chi connectivity index (χ1n) is 7.01. The van der Waals surface area contributed by atoms with Crippen LogP contribution in [0.2, 0.25) is 5.02 Å². The number of anilines is 1. The van der Waals surface area contributed by atoms with Gasteiger partial charge in [0.25, 0.3) is 5.91 Å². The van der Waals surface area contributed by atoms with Crippen LogP contribution in [-0.2, 0) is 9.53 Å². The zero-order valence-electron chi connectivity index (χ0n) is 11.3. The molecule has 2 fully saturated rings. The standard InChI is InChI=1S/C14H18ClN3O2/c15-11-3-1-5-16-13(11)17-6-8-18(9-7-17)14(19)12-4-2-10-20-12/h1,3,5,12H,2,4,6-10H2/t12-/m1/s1. The van der Waals surface area contributed by atoms with E-state index in [0.29, 0.717) is 24.7 Å². The van der Waals surface area contributed by atoms with Gasteiger partial charge in [-0.15, -0.1) is 0 Å². The van der Waals surface area contributed by atoms with E-state index in [-0.39, 0.29) is 12.0 Å². The molecule has 2 aliphatic rings. The molecule has 1 aromatic heterocycles. The van der Waals surface area contributed by atoms with Gasteiger partial charge in [0.05, 0.1) is 5.02 Å². The van der Waals surface area contributed by atoms with Crippen molar-refractivity contribution in [1.82, 2.24) is 9.88 Å². The Morgan fingerprint density at radius 3 is 2.80 bits per heavy atom. The number of piperazine rings is 1. The van der Waals surface area contributed by atoms with Crippen LogP contribution in [0.1, 0.15) is 12.8 Å². The highest BCUT2D eigenvalue weighted by Crippen LogP contribution is 2.24. The second kappa shape index (κ2) is 5.97. The van der Waals surface area contributed by atoms with Crippen molar-refractivity contribution in [2.45, 2.75) is 18.9 Å². The molecule has 108 valence electrons. The fourth-order valence-corrected chi connectivity index (χ4v) is 2.97. The number of nitrogens with zero attached hydrogens (tertiary/aromatic N) is 3. The molecule has 0 aromatic carbocycles. The van der Waals surface area contributed by atoms with Gasteiger partial charge in [-0.1, -0.05) is 11.6 Å². The average molecular weight is 296 g/mol. The molecular formula is C14H18ClN3O2. The van der Waals surface area contributed by atoms with Gasteiger partial charge >= 0.3 is 0 Å². The van der Waals surface area contributed by atoms with Gasteiger partial charge in [0.1, 0.15) is 11.9 Å². The van der Waals surface area contributed by atoms with Crippen LogP contribution in [-0.4, -0.2) is 54.7 Å². The van der Waals surface area contributed by atoms with E-state index in [9.17, 15) is 4.79 Å². The van der Waals surface area contributed by atoms with Crippen molar-refractivity contribution in [3.8, 4) is 0 Å². The lowest BCUT2D eigenvalue weighted by Gasteiger charge is -2.36. The molecule has 0 aliphatic carbocycles. The van der Waals surface area contributed by atoms with Crippen LogP contribution in [0, 0.1) is 0 Å². The van der Waals surface area contributed by atoms with Crippen LogP contribution in [0.15, 0.2) is 18.3 Å². The maximum Gasteiger partial charge on any atom is 0.251 e. The molecule has 0 bridgehead atoms. The summed E-state index contributed by atoms with van der Waals surface area (Å²) < 4.78 is 5.46. The molecule has 1 aromatic rings. The Balaban J connectivity index is 1.59. The Morgan fingerprint density at radius 2 is 2.15 bits per heavy atom. The molecule has 1 atom stereocenters. The lowest BCUT2D eigenvalue weighted by atomic mass is 10.2. The molecule has 2 aliphatic heterocycles. The third-order valence-electron chi connectivity index (χ3n) is 3.84. The molecule has 2 saturated heterocycles. The van der Waals surface area contributed by atoms with Crippen molar-refractivity contribution >= 4 is 23.3 Å². The number of hydrogen-bond acceptors (Lipinski definition) is 4. The van der Waals surface area contributed by atoms with Gasteiger partial charge in [-0.3, -0.25) is 4.79 Å². The first-order chi connectivity index (χ1) is 9.75. The summed E-state index contributed by atoms with van der Waals surface area (Å²) in [6.45, 7) is 3.63. The molecule has 1 amide bonds. The van der Waals surface area contributed by atoms with Gasteiger partial charge in [-0.2, -0.15) is 0 Å². The second-order valence-corrected chi connectivity index (χ2v) is 5.53. The minimum atomic E-state index is -0.222. The zero-order valence-corrected chi connectivity index (χ0v) is 12.1. The Hall–Kier alpha value is -1.33. The highest BCUT2D eigenvalue weighted by molar-refractivity contribution is 6.32. The first-order valence-corrected chi connectivity index (χ1v) is 7.39. The fourth-order valence-electron chi connectivity index (χ4n) is 2.72. The molecule has 20 heavy (non-hydrogen) atoms. The second-order valence-electron chi connectivity index (χ2n) is 5.12. The van der Waals surface area contributed by atoms with E-state index in [1.54, 1.807) is 6.20 Å². The molecule has 3 rings (SSSR count). The minimum Gasteiger partial charge on any atom is -0.368 e. The van der Waals surface area contributed by atoms with E-state index in [0.717, 1.165) is 31.7 Å². The monoisotopic (exact) mass is 295 g/mol. The molecule has 0 saturated carbocycles. The molecule has 6 heteroatoms. The van der Waals surface area contributed by atoms with E-state index < -0.39 is 0 Å². The van der Waals surface area contributed by atoms with Crippen molar-refractivity contribution in [2.75, 3.05) is 37.7 Å². The molecule has 0 radical (unpaired) electrons. The van der Waals surface area contributed by atoms with Gasteiger partial charge in [-0.25, -0.2) is 4.98 Å². The Bertz CT molecular complexity index is 483. The fraction of sp³-hybridized carbons (Fsp3) is 0.571. The molecule has 3 heterocycles. The van der Waals surface area contributed by atoms with Gasteiger partial charge in [0.15, 0.2) is 0 Å². The molecule has 0 unspecified atom stereocenters. The Labute approximate surface area is 123 Å². The topological polar surface area (TPSA) is 45.7 Å². The molecular weight excluding hydrogens is 278 g/mol. The quantitative estimate of drug-likeness (QED) is 0.831. The highest BCUT2D eigenvalue weighted by atomic mass is 35.5.